The quantitative estimate of drug-likeness (QED) is 0.571. The highest BCUT2D eigenvalue weighted by molar-refractivity contribution is 5.79. The zero-order valence-corrected chi connectivity index (χ0v) is 15.8. The first-order chi connectivity index (χ1) is 13.5. The van der Waals surface area contributed by atoms with Gasteiger partial charge in [-0.25, -0.2) is 4.79 Å². The van der Waals surface area contributed by atoms with Crippen LogP contribution in [0.3, 0.4) is 0 Å². The Kier molecular flexibility index (Phi) is 5.84. The largest absolute Gasteiger partial charge is 0.497 e. The second-order valence-electron chi connectivity index (χ2n) is 5.88. The molecule has 0 aliphatic heterocycles. The van der Waals surface area contributed by atoms with E-state index < -0.39 is 12.1 Å². The van der Waals surface area contributed by atoms with Crippen molar-refractivity contribution in [1.29, 1.82) is 0 Å². The summed E-state index contributed by atoms with van der Waals surface area (Å²) in [6.45, 7) is 3.58. The van der Waals surface area contributed by atoms with E-state index >= 15 is 0 Å². The van der Waals surface area contributed by atoms with Crippen LogP contribution < -0.4 is 19.6 Å². The van der Waals surface area contributed by atoms with Crippen LogP contribution in [-0.4, -0.2) is 25.8 Å². The maximum absolute atomic E-state index is 12.7. The third-order valence-electron chi connectivity index (χ3n) is 3.91. The van der Waals surface area contributed by atoms with Crippen molar-refractivity contribution in [3.63, 3.8) is 0 Å². The molecular weight excluding hydrogens is 364 g/mol. The summed E-state index contributed by atoms with van der Waals surface area (Å²) in [6, 6.07) is 11.6. The molecule has 0 aliphatic carbocycles. The second-order valence-corrected chi connectivity index (χ2v) is 5.88. The van der Waals surface area contributed by atoms with Gasteiger partial charge in [0.05, 0.1) is 19.1 Å². The molecule has 146 valence electrons. The lowest BCUT2D eigenvalue weighted by atomic mass is 10.2. The van der Waals surface area contributed by atoms with Gasteiger partial charge < -0.3 is 23.4 Å². The van der Waals surface area contributed by atoms with Crippen LogP contribution in [0.4, 0.5) is 0 Å². The Bertz CT molecular complexity index is 1040. The van der Waals surface area contributed by atoms with Crippen LogP contribution in [0.2, 0.25) is 0 Å². The fraction of sp³-hybridized carbons (Fsp3) is 0.238. The molecule has 0 N–H and O–H groups in total. The lowest BCUT2D eigenvalue weighted by Gasteiger charge is -2.13. The molecule has 0 saturated carbocycles. The van der Waals surface area contributed by atoms with Gasteiger partial charge in [-0.2, -0.15) is 0 Å². The van der Waals surface area contributed by atoms with Crippen molar-refractivity contribution >= 4 is 16.9 Å². The van der Waals surface area contributed by atoms with Crippen LogP contribution in [0.5, 0.6) is 23.0 Å². The van der Waals surface area contributed by atoms with Crippen molar-refractivity contribution in [1.82, 2.24) is 0 Å². The molecule has 1 atom stereocenters. The third-order valence-corrected chi connectivity index (χ3v) is 3.91. The molecule has 0 aliphatic rings. The summed E-state index contributed by atoms with van der Waals surface area (Å²) in [5.74, 6) is 1.03. The number of hydrogen-bond donors (Lipinski definition) is 0. The molecule has 0 spiro atoms. The molecule has 0 bridgehead atoms. The van der Waals surface area contributed by atoms with Crippen molar-refractivity contribution in [2.45, 2.75) is 20.0 Å². The number of carbonyl (C=O) groups is 1. The molecule has 28 heavy (non-hydrogen) atoms. The van der Waals surface area contributed by atoms with Crippen LogP contribution in [0.15, 0.2) is 57.9 Å². The summed E-state index contributed by atoms with van der Waals surface area (Å²) < 4.78 is 26.8. The molecule has 7 nitrogen and oxygen atoms in total. The van der Waals surface area contributed by atoms with Gasteiger partial charge in [0, 0.05) is 12.1 Å². The van der Waals surface area contributed by atoms with E-state index in [0.29, 0.717) is 28.2 Å². The predicted octanol–water partition coefficient (Wildman–Crippen LogP) is 3.92. The number of esters is 1. The minimum atomic E-state index is -0.778. The number of ether oxygens (including phenoxy) is 4. The highest BCUT2D eigenvalue weighted by Gasteiger charge is 2.17. The van der Waals surface area contributed by atoms with Crippen LogP contribution >= 0.6 is 0 Å². The Labute approximate surface area is 161 Å². The van der Waals surface area contributed by atoms with E-state index in [0.717, 1.165) is 0 Å². The average molecular weight is 384 g/mol. The van der Waals surface area contributed by atoms with E-state index in [-0.39, 0.29) is 17.8 Å². The van der Waals surface area contributed by atoms with E-state index in [4.69, 9.17) is 23.4 Å². The molecule has 0 radical (unpaired) electrons. The molecule has 7 heteroatoms. The van der Waals surface area contributed by atoms with Gasteiger partial charge >= 0.3 is 5.97 Å². The van der Waals surface area contributed by atoms with E-state index in [1.807, 2.05) is 0 Å². The second kappa shape index (κ2) is 8.47. The molecule has 3 rings (SSSR count). The van der Waals surface area contributed by atoms with Gasteiger partial charge in [-0.05, 0) is 38.1 Å². The number of methoxy groups -OCH3 is 1. The van der Waals surface area contributed by atoms with Crippen molar-refractivity contribution in [3.05, 3.63) is 59.0 Å². The third kappa shape index (κ3) is 4.25. The standard InChI is InChI=1S/C21H20O7/c1-4-25-21(23)13(2)27-16-8-9-17-18(11-16)26-12-19(20(17)22)28-15-7-5-6-14(10-15)24-3/h5-13H,4H2,1-3H3/t13-/m1/s1. The summed E-state index contributed by atoms with van der Waals surface area (Å²) in [7, 11) is 1.55. The maximum atomic E-state index is 12.7. The van der Waals surface area contributed by atoms with Gasteiger partial charge in [0.1, 0.15) is 29.1 Å². The number of fused-ring (bicyclic) bond motifs is 1. The van der Waals surface area contributed by atoms with Crippen LogP contribution in [0.1, 0.15) is 13.8 Å². The Morgan fingerprint density at radius 3 is 2.64 bits per heavy atom. The van der Waals surface area contributed by atoms with Crippen LogP contribution in [0.25, 0.3) is 11.0 Å². The molecule has 1 aromatic heterocycles. The minimum absolute atomic E-state index is 0.0503. The monoisotopic (exact) mass is 384 g/mol. The fourth-order valence-corrected chi connectivity index (χ4v) is 2.54. The van der Waals surface area contributed by atoms with E-state index in [9.17, 15) is 9.59 Å². The fourth-order valence-electron chi connectivity index (χ4n) is 2.54. The van der Waals surface area contributed by atoms with Gasteiger partial charge in [0.2, 0.25) is 11.2 Å². The molecule has 1 heterocycles. The smallest absolute Gasteiger partial charge is 0.347 e. The summed E-state index contributed by atoms with van der Waals surface area (Å²) in [5.41, 5.74) is -0.00869. The summed E-state index contributed by atoms with van der Waals surface area (Å²) in [5, 5.41) is 0.330. The van der Waals surface area contributed by atoms with Crippen molar-refractivity contribution in [3.8, 4) is 23.0 Å². The average Bonchev–Trinajstić information content (AvgIpc) is 2.70. The van der Waals surface area contributed by atoms with Gasteiger partial charge in [0.25, 0.3) is 0 Å². The van der Waals surface area contributed by atoms with Crippen LogP contribution in [0, 0.1) is 0 Å². The zero-order valence-electron chi connectivity index (χ0n) is 15.8. The minimum Gasteiger partial charge on any atom is -0.497 e. The number of carbonyl (C=O) groups excluding carboxylic acids is 1. The van der Waals surface area contributed by atoms with Crippen LogP contribution in [-0.2, 0) is 9.53 Å². The zero-order chi connectivity index (χ0) is 20.1. The Hall–Kier alpha value is -3.48. The van der Waals surface area contributed by atoms with Gasteiger partial charge in [-0.3, -0.25) is 4.79 Å². The SMILES string of the molecule is CCOC(=O)[C@@H](C)Oc1ccc2c(=O)c(Oc3cccc(OC)c3)coc2c1. The molecule has 3 aromatic rings. The molecule has 0 saturated heterocycles. The maximum Gasteiger partial charge on any atom is 0.347 e. The first-order valence-electron chi connectivity index (χ1n) is 8.72. The molecule has 0 fully saturated rings. The highest BCUT2D eigenvalue weighted by Crippen LogP contribution is 2.26. The van der Waals surface area contributed by atoms with Crippen molar-refractivity contribution in [2.75, 3.05) is 13.7 Å². The molecule has 0 amide bonds. The first-order valence-corrected chi connectivity index (χ1v) is 8.72. The molecule has 0 unspecified atom stereocenters. The predicted molar refractivity (Wildman–Crippen MR) is 102 cm³/mol. The normalized spacial score (nSPS) is 11.7. The van der Waals surface area contributed by atoms with Crippen molar-refractivity contribution in [2.24, 2.45) is 0 Å². The van der Waals surface area contributed by atoms with Gasteiger partial charge in [-0.15, -0.1) is 0 Å². The molecular formula is C21H20O7. The number of rotatable bonds is 7. The Balaban J connectivity index is 1.84. The lowest BCUT2D eigenvalue weighted by molar-refractivity contribution is -0.150. The van der Waals surface area contributed by atoms with E-state index in [2.05, 4.69) is 0 Å². The van der Waals surface area contributed by atoms with E-state index in [1.54, 1.807) is 63.4 Å². The number of hydrogen-bond acceptors (Lipinski definition) is 7. The highest BCUT2D eigenvalue weighted by atomic mass is 16.6. The Morgan fingerprint density at radius 1 is 1.11 bits per heavy atom. The summed E-state index contributed by atoms with van der Waals surface area (Å²) in [6.07, 6.45) is 0.461. The topological polar surface area (TPSA) is 84.2 Å². The molecule has 2 aromatic carbocycles. The van der Waals surface area contributed by atoms with Gasteiger partial charge in [-0.1, -0.05) is 6.07 Å². The summed E-state index contributed by atoms with van der Waals surface area (Å²) in [4.78, 5) is 24.4. The first kappa shape index (κ1) is 19.3. The van der Waals surface area contributed by atoms with E-state index in [1.165, 1.54) is 6.26 Å². The van der Waals surface area contributed by atoms with Gasteiger partial charge in [0.15, 0.2) is 6.10 Å². The number of benzene rings is 2. The Morgan fingerprint density at radius 2 is 1.89 bits per heavy atom. The lowest BCUT2D eigenvalue weighted by Crippen LogP contribution is -2.26. The van der Waals surface area contributed by atoms with Crippen molar-refractivity contribution < 1.29 is 28.2 Å². The summed E-state index contributed by atoms with van der Waals surface area (Å²) >= 11 is 0.